The van der Waals surface area contributed by atoms with E-state index in [4.69, 9.17) is 14.8 Å². The van der Waals surface area contributed by atoms with Crippen molar-refractivity contribution >= 4 is 5.82 Å². The van der Waals surface area contributed by atoms with Crippen molar-refractivity contribution in [2.45, 2.75) is 94.7 Å². The maximum Gasteiger partial charge on any atom is 0.154 e. The van der Waals surface area contributed by atoms with Gasteiger partial charge in [-0.15, -0.1) is 0 Å². The molecule has 3 saturated carbocycles. The molecule has 32 heavy (non-hydrogen) atoms. The molecule has 4 unspecified atom stereocenters. The molecule has 4 fully saturated rings. The van der Waals surface area contributed by atoms with E-state index in [1.54, 1.807) is 6.33 Å². The second-order valence-electron chi connectivity index (χ2n) is 10.6. The molecule has 4 atom stereocenters. The lowest BCUT2D eigenvalue weighted by atomic mass is 9.79. The quantitative estimate of drug-likeness (QED) is 0.737. The summed E-state index contributed by atoms with van der Waals surface area (Å²) in [5.74, 6) is 4.15. The number of ether oxygens (including phenoxy) is 1. The van der Waals surface area contributed by atoms with Gasteiger partial charge >= 0.3 is 0 Å². The Morgan fingerprint density at radius 2 is 2.00 bits per heavy atom. The molecule has 0 amide bonds. The van der Waals surface area contributed by atoms with Gasteiger partial charge in [0.15, 0.2) is 5.82 Å². The van der Waals surface area contributed by atoms with E-state index < -0.39 is 0 Å². The molecule has 2 aliphatic heterocycles. The maximum absolute atomic E-state index is 6.45. The van der Waals surface area contributed by atoms with Crippen molar-refractivity contribution in [1.82, 2.24) is 35.6 Å². The molecular weight excluding hydrogens is 404 g/mol. The van der Waals surface area contributed by atoms with Crippen LogP contribution in [0.2, 0.25) is 0 Å². The third-order valence-electron chi connectivity index (χ3n) is 8.05. The predicted octanol–water partition coefficient (Wildman–Crippen LogP) is 2.22. The van der Waals surface area contributed by atoms with Crippen molar-refractivity contribution in [3.63, 3.8) is 0 Å². The van der Waals surface area contributed by atoms with Gasteiger partial charge in [-0.25, -0.2) is 25.1 Å². The number of fused-ring (bicyclic) bond motifs is 2. The van der Waals surface area contributed by atoms with Crippen LogP contribution in [-0.4, -0.2) is 49.0 Å². The number of anilines is 1. The number of hydrogen-bond acceptors (Lipinski definition) is 8. The van der Waals surface area contributed by atoms with Gasteiger partial charge in [-0.3, -0.25) is 5.43 Å². The standard InChI is InChI=1S/C23H32N8O/c1-23(6-7-23)32-15-4-5-17-16(10-15)21(28-27-17)18-11-19(25-13-24-18)30-8-9-31-20(12-30)26-22(29-31)14-2-3-14/h11,13-17,21,27-28H,2-10,12H2,1H3. The van der Waals surface area contributed by atoms with E-state index in [0.29, 0.717) is 24.0 Å². The second kappa shape index (κ2) is 7.20. The van der Waals surface area contributed by atoms with Gasteiger partial charge in [0.1, 0.15) is 18.0 Å². The van der Waals surface area contributed by atoms with Crippen LogP contribution in [0.25, 0.3) is 0 Å². The third-order valence-corrected chi connectivity index (χ3v) is 8.05. The van der Waals surface area contributed by atoms with E-state index in [0.717, 1.165) is 62.1 Å². The van der Waals surface area contributed by atoms with Crippen molar-refractivity contribution in [2.24, 2.45) is 5.92 Å². The van der Waals surface area contributed by atoms with E-state index >= 15 is 0 Å². The zero-order valence-corrected chi connectivity index (χ0v) is 18.7. The minimum absolute atomic E-state index is 0.142. The fraction of sp³-hybridized carbons (Fsp3) is 0.739. The highest BCUT2D eigenvalue weighted by Crippen LogP contribution is 2.45. The highest BCUT2D eigenvalue weighted by atomic mass is 16.5. The number of nitrogens with one attached hydrogen (secondary N) is 2. The molecule has 2 N–H and O–H groups in total. The zero-order chi connectivity index (χ0) is 21.3. The normalized spacial score (nSPS) is 33.1. The second-order valence-corrected chi connectivity index (χ2v) is 10.6. The van der Waals surface area contributed by atoms with Gasteiger partial charge in [0.25, 0.3) is 0 Å². The molecule has 0 aromatic carbocycles. The van der Waals surface area contributed by atoms with Crippen LogP contribution in [0.5, 0.6) is 0 Å². The number of hydrogen-bond donors (Lipinski definition) is 2. The molecule has 0 radical (unpaired) electrons. The first kappa shape index (κ1) is 19.4. The summed E-state index contributed by atoms with van der Waals surface area (Å²) in [5.41, 5.74) is 8.29. The number of nitrogens with zero attached hydrogens (tertiary/aromatic N) is 6. The van der Waals surface area contributed by atoms with Crippen LogP contribution in [-0.2, 0) is 17.8 Å². The van der Waals surface area contributed by atoms with Gasteiger partial charge in [0.2, 0.25) is 0 Å². The van der Waals surface area contributed by atoms with Gasteiger partial charge in [-0.2, -0.15) is 5.10 Å². The predicted molar refractivity (Wildman–Crippen MR) is 118 cm³/mol. The molecule has 4 heterocycles. The molecular formula is C23H32N8O. The summed E-state index contributed by atoms with van der Waals surface area (Å²) in [6, 6.07) is 2.84. The molecule has 2 aromatic heterocycles. The Morgan fingerprint density at radius 1 is 1.09 bits per heavy atom. The monoisotopic (exact) mass is 436 g/mol. The van der Waals surface area contributed by atoms with Crippen molar-refractivity contribution < 1.29 is 4.74 Å². The topological polar surface area (TPSA) is 93.0 Å². The minimum Gasteiger partial charge on any atom is -0.372 e. The summed E-state index contributed by atoms with van der Waals surface area (Å²) in [6.07, 6.45) is 10.3. The first-order valence-electron chi connectivity index (χ1n) is 12.3. The van der Waals surface area contributed by atoms with Gasteiger partial charge in [-0.05, 0) is 51.9 Å². The van der Waals surface area contributed by atoms with Crippen LogP contribution in [0.4, 0.5) is 5.82 Å². The summed E-state index contributed by atoms with van der Waals surface area (Å²) in [7, 11) is 0. The minimum atomic E-state index is 0.142. The van der Waals surface area contributed by atoms with E-state index in [-0.39, 0.29) is 11.6 Å². The fourth-order valence-electron chi connectivity index (χ4n) is 5.68. The van der Waals surface area contributed by atoms with Crippen LogP contribution in [0, 0.1) is 5.92 Å². The maximum atomic E-state index is 6.45. The van der Waals surface area contributed by atoms with Crippen molar-refractivity contribution in [3.05, 3.63) is 29.7 Å². The molecule has 170 valence electrons. The number of rotatable bonds is 5. The summed E-state index contributed by atoms with van der Waals surface area (Å²) >= 11 is 0. The zero-order valence-electron chi connectivity index (χ0n) is 18.7. The fourth-order valence-corrected chi connectivity index (χ4v) is 5.68. The molecule has 2 aromatic rings. The van der Waals surface area contributed by atoms with Crippen molar-refractivity contribution in [1.29, 1.82) is 0 Å². The lowest BCUT2D eigenvalue weighted by molar-refractivity contribution is -0.0500. The SMILES string of the molecule is CC1(OC2CCC3NNC(c4cc(N5CCn6nc(C7CC7)nc6C5)ncn4)C3C2)CC1. The molecule has 0 bridgehead atoms. The Bertz CT molecular complexity index is 1020. The lowest BCUT2D eigenvalue weighted by Gasteiger charge is -2.34. The van der Waals surface area contributed by atoms with Crippen LogP contribution in [0.3, 0.4) is 0 Å². The lowest BCUT2D eigenvalue weighted by Crippen LogP contribution is -2.38. The number of hydrazine groups is 1. The summed E-state index contributed by atoms with van der Waals surface area (Å²) < 4.78 is 8.53. The van der Waals surface area contributed by atoms with Crippen molar-refractivity contribution in [2.75, 3.05) is 11.4 Å². The van der Waals surface area contributed by atoms with Crippen LogP contribution < -0.4 is 15.8 Å². The first-order chi connectivity index (χ1) is 15.6. The van der Waals surface area contributed by atoms with Crippen molar-refractivity contribution in [3.8, 4) is 0 Å². The Labute approximate surface area is 188 Å². The van der Waals surface area contributed by atoms with Crippen LogP contribution in [0.15, 0.2) is 12.4 Å². The summed E-state index contributed by atoms with van der Waals surface area (Å²) in [5, 5.41) is 4.72. The Kier molecular flexibility index (Phi) is 4.36. The number of aromatic nitrogens is 5. The Balaban J connectivity index is 1.08. The summed E-state index contributed by atoms with van der Waals surface area (Å²) in [4.78, 5) is 16.4. The van der Waals surface area contributed by atoms with Crippen LogP contribution >= 0.6 is 0 Å². The van der Waals surface area contributed by atoms with Gasteiger partial charge in [0, 0.05) is 30.5 Å². The first-order valence-corrected chi connectivity index (χ1v) is 12.3. The molecule has 9 nitrogen and oxygen atoms in total. The molecule has 1 saturated heterocycles. The summed E-state index contributed by atoms with van der Waals surface area (Å²) in [6.45, 7) is 4.77. The van der Waals surface area contributed by atoms with Crippen LogP contribution in [0.1, 0.15) is 81.2 Å². The average Bonchev–Trinajstić information content (AvgIpc) is 3.70. The van der Waals surface area contributed by atoms with E-state index in [9.17, 15) is 0 Å². The molecule has 3 aliphatic carbocycles. The molecule has 5 aliphatic rings. The Hall–Kier alpha value is -2.10. The average molecular weight is 437 g/mol. The smallest absolute Gasteiger partial charge is 0.154 e. The Morgan fingerprint density at radius 3 is 2.84 bits per heavy atom. The highest BCUT2D eigenvalue weighted by molar-refractivity contribution is 5.41. The van der Waals surface area contributed by atoms with Gasteiger partial charge in [-0.1, -0.05) is 0 Å². The van der Waals surface area contributed by atoms with E-state index in [2.05, 4.69) is 43.4 Å². The largest absolute Gasteiger partial charge is 0.372 e. The molecule has 7 rings (SSSR count). The van der Waals surface area contributed by atoms with E-state index in [1.807, 2.05) is 0 Å². The molecule has 0 spiro atoms. The van der Waals surface area contributed by atoms with Gasteiger partial charge < -0.3 is 9.64 Å². The molecule has 9 heteroatoms. The highest BCUT2D eigenvalue weighted by Gasteiger charge is 2.46. The third kappa shape index (κ3) is 3.50. The van der Waals surface area contributed by atoms with Gasteiger partial charge in [0.05, 0.1) is 36.5 Å². The van der Waals surface area contributed by atoms with E-state index in [1.165, 1.54) is 25.7 Å².